The summed E-state index contributed by atoms with van der Waals surface area (Å²) in [6, 6.07) is 10.5. The molecule has 1 atom stereocenters. The van der Waals surface area contributed by atoms with E-state index in [4.69, 9.17) is 4.74 Å². The summed E-state index contributed by atoms with van der Waals surface area (Å²) in [6.45, 7) is 1.82. The van der Waals surface area contributed by atoms with Crippen LogP contribution in [0.2, 0.25) is 0 Å². The van der Waals surface area contributed by atoms with Crippen LogP contribution in [0.4, 0.5) is 20.2 Å². The molecular weight excluding hydrogens is 326 g/mol. The van der Waals surface area contributed by atoms with Gasteiger partial charge >= 0.3 is 0 Å². The molecule has 0 aromatic heterocycles. The van der Waals surface area contributed by atoms with Crippen molar-refractivity contribution in [1.82, 2.24) is 0 Å². The summed E-state index contributed by atoms with van der Waals surface area (Å²) in [5.74, 6) is -2.50. The fourth-order valence-electron chi connectivity index (χ4n) is 2.96. The van der Waals surface area contributed by atoms with Crippen LogP contribution in [0.1, 0.15) is 23.2 Å². The Labute approximate surface area is 145 Å². The molecule has 0 radical (unpaired) electrons. The first-order valence-corrected chi connectivity index (χ1v) is 8.21. The Morgan fingerprint density at radius 1 is 1.16 bits per heavy atom. The molecule has 0 saturated carbocycles. The molecule has 6 heteroatoms. The molecule has 1 amide bonds. The Balaban J connectivity index is 1.66. The summed E-state index contributed by atoms with van der Waals surface area (Å²) >= 11 is 0. The minimum absolute atomic E-state index is 0.0712. The monoisotopic (exact) mass is 346 g/mol. The van der Waals surface area contributed by atoms with Crippen molar-refractivity contribution in [2.75, 3.05) is 30.4 Å². The molecule has 1 aliphatic heterocycles. The number of carbonyl (C=O) groups excluding carboxylic acids is 1. The van der Waals surface area contributed by atoms with E-state index in [1.165, 1.54) is 6.07 Å². The van der Waals surface area contributed by atoms with Crippen LogP contribution >= 0.6 is 0 Å². The number of piperidine rings is 1. The number of benzene rings is 2. The summed E-state index contributed by atoms with van der Waals surface area (Å²) in [6.07, 6.45) is 2.38. The maximum Gasteiger partial charge on any atom is 0.255 e. The molecule has 1 unspecified atom stereocenters. The maximum absolute atomic E-state index is 13.2. The summed E-state index contributed by atoms with van der Waals surface area (Å²) in [4.78, 5) is 14.4. The van der Waals surface area contributed by atoms with Gasteiger partial charge < -0.3 is 15.0 Å². The van der Waals surface area contributed by atoms with Gasteiger partial charge in [-0.05, 0) is 55.3 Å². The number of amides is 1. The van der Waals surface area contributed by atoms with Crippen LogP contribution in [0.25, 0.3) is 0 Å². The van der Waals surface area contributed by atoms with Crippen molar-refractivity contribution in [3.63, 3.8) is 0 Å². The Morgan fingerprint density at radius 3 is 2.60 bits per heavy atom. The van der Waals surface area contributed by atoms with Gasteiger partial charge in [0.1, 0.15) is 0 Å². The second-order valence-electron chi connectivity index (χ2n) is 6.08. The lowest BCUT2D eigenvalue weighted by Crippen LogP contribution is -2.39. The van der Waals surface area contributed by atoms with E-state index in [9.17, 15) is 13.6 Å². The lowest BCUT2D eigenvalue weighted by Gasteiger charge is -2.33. The number of ether oxygens (including phenoxy) is 1. The quantitative estimate of drug-likeness (QED) is 0.915. The van der Waals surface area contributed by atoms with Gasteiger partial charge in [0.05, 0.1) is 6.10 Å². The molecule has 4 nitrogen and oxygen atoms in total. The van der Waals surface area contributed by atoms with Gasteiger partial charge in [0.2, 0.25) is 0 Å². The molecule has 1 aliphatic rings. The third-order valence-electron chi connectivity index (χ3n) is 4.38. The van der Waals surface area contributed by atoms with Gasteiger partial charge in [0.15, 0.2) is 11.6 Å². The molecule has 0 bridgehead atoms. The number of rotatable bonds is 4. The fraction of sp³-hybridized carbons (Fsp3) is 0.316. The zero-order chi connectivity index (χ0) is 17.8. The first kappa shape index (κ1) is 17.4. The van der Waals surface area contributed by atoms with Crippen LogP contribution in [-0.2, 0) is 4.74 Å². The number of methoxy groups -OCH3 is 1. The normalized spacial score (nSPS) is 17.4. The average molecular weight is 346 g/mol. The highest BCUT2D eigenvalue weighted by molar-refractivity contribution is 6.04. The molecule has 0 spiro atoms. The Morgan fingerprint density at radius 2 is 1.92 bits per heavy atom. The van der Waals surface area contributed by atoms with E-state index < -0.39 is 17.5 Å². The molecule has 1 fully saturated rings. The highest BCUT2D eigenvalue weighted by Crippen LogP contribution is 2.23. The van der Waals surface area contributed by atoms with Crippen molar-refractivity contribution in [1.29, 1.82) is 0 Å². The van der Waals surface area contributed by atoms with Gasteiger partial charge in [-0.1, -0.05) is 0 Å². The van der Waals surface area contributed by atoms with Gasteiger partial charge in [-0.15, -0.1) is 0 Å². The predicted molar refractivity (Wildman–Crippen MR) is 93.0 cm³/mol. The van der Waals surface area contributed by atoms with E-state index in [1.54, 1.807) is 19.2 Å². The molecule has 2 aromatic carbocycles. The number of halogens is 2. The smallest absolute Gasteiger partial charge is 0.255 e. The van der Waals surface area contributed by atoms with Gasteiger partial charge in [0, 0.05) is 37.1 Å². The van der Waals surface area contributed by atoms with Crippen molar-refractivity contribution in [3.05, 3.63) is 59.7 Å². The fourth-order valence-corrected chi connectivity index (χ4v) is 2.96. The van der Waals surface area contributed by atoms with Crippen LogP contribution in [-0.4, -0.2) is 32.2 Å². The van der Waals surface area contributed by atoms with Gasteiger partial charge in [-0.3, -0.25) is 4.79 Å². The lowest BCUT2D eigenvalue weighted by molar-refractivity contribution is 0.0893. The van der Waals surface area contributed by atoms with E-state index in [-0.39, 0.29) is 11.7 Å². The van der Waals surface area contributed by atoms with Crippen LogP contribution in [0.5, 0.6) is 0 Å². The van der Waals surface area contributed by atoms with Crippen LogP contribution < -0.4 is 10.2 Å². The average Bonchev–Trinajstić information content (AvgIpc) is 2.64. The van der Waals surface area contributed by atoms with Gasteiger partial charge in [0.25, 0.3) is 5.91 Å². The second kappa shape index (κ2) is 7.61. The number of nitrogens with one attached hydrogen (secondary N) is 1. The first-order chi connectivity index (χ1) is 12.1. The molecule has 2 aromatic rings. The topological polar surface area (TPSA) is 41.6 Å². The Kier molecular flexibility index (Phi) is 5.28. The summed E-state index contributed by atoms with van der Waals surface area (Å²) in [5, 5.41) is 2.68. The Hall–Kier alpha value is -2.47. The molecule has 1 heterocycles. The number of hydrogen-bond donors (Lipinski definition) is 1. The first-order valence-electron chi connectivity index (χ1n) is 8.21. The highest BCUT2D eigenvalue weighted by Gasteiger charge is 2.19. The summed E-state index contributed by atoms with van der Waals surface area (Å²) in [5.41, 5.74) is 1.73. The van der Waals surface area contributed by atoms with Crippen molar-refractivity contribution in [2.45, 2.75) is 18.9 Å². The van der Waals surface area contributed by atoms with Crippen molar-refractivity contribution < 1.29 is 18.3 Å². The minimum atomic E-state index is -1.04. The minimum Gasteiger partial charge on any atom is -0.380 e. The van der Waals surface area contributed by atoms with E-state index >= 15 is 0 Å². The Bertz CT molecular complexity index is 750. The SMILES string of the molecule is COC1CCCN(c2ccc(NC(=O)c3ccc(F)c(F)c3)cc2)C1. The number of carbonyl (C=O) groups is 1. The van der Waals surface area contributed by atoms with Crippen molar-refractivity contribution in [3.8, 4) is 0 Å². The van der Waals surface area contributed by atoms with E-state index in [0.29, 0.717) is 5.69 Å². The third-order valence-corrected chi connectivity index (χ3v) is 4.38. The van der Waals surface area contributed by atoms with E-state index in [1.807, 2.05) is 12.1 Å². The standard InChI is InChI=1S/C19H20F2N2O2/c1-25-16-3-2-10-23(12-16)15-7-5-14(6-8-15)22-19(24)13-4-9-17(20)18(21)11-13/h4-9,11,16H,2-3,10,12H2,1H3,(H,22,24). The molecular formula is C19H20F2N2O2. The molecule has 3 rings (SSSR count). The van der Waals surface area contributed by atoms with Crippen LogP contribution in [0.3, 0.4) is 0 Å². The zero-order valence-electron chi connectivity index (χ0n) is 14.0. The van der Waals surface area contributed by atoms with Gasteiger partial charge in [-0.25, -0.2) is 8.78 Å². The van der Waals surface area contributed by atoms with Crippen molar-refractivity contribution >= 4 is 17.3 Å². The van der Waals surface area contributed by atoms with Crippen molar-refractivity contribution in [2.24, 2.45) is 0 Å². The highest BCUT2D eigenvalue weighted by atomic mass is 19.2. The summed E-state index contributed by atoms with van der Waals surface area (Å²) < 4.78 is 31.6. The third kappa shape index (κ3) is 4.14. The van der Waals surface area contributed by atoms with E-state index in [2.05, 4.69) is 10.2 Å². The van der Waals surface area contributed by atoms with Crippen LogP contribution in [0, 0.1) is 11.6 Å². The summed E-state index contributed by atoms with van der Waals surface area (Å²) in [7, 11) is 1.73. The van der Waals surface area contributed by atoms with E-state index in [0.717, 1.165) is 43.8 Å². The predicted octanol–water partition coefficient (Wildman–Crippen LogP) is 3.83. The number of anilines is 2. The molecule has 1 N–H and O–H groups in total. The number of nitrogens with zero attached hydrogens (tertiary/aromatic N) is 1. The van der Waals surface area contributed by atoms with Crippen LogP contribution in [0.15, 0.2) is 42.5 Å². The molecule has 1 saturated heterocycles. The molecule has 0 aliphatic carbocycles. The number of hydrogen-bond acceptors (Lipinski definition) is 3. The largest absolute Gasteiger partial charge is 0.380 e. The van der Waals surface area contributed by atoms with Gasteiger partial charge in [-0.2, -0.15) is 0 Å². The lowest BCUT2D eigenvalue weighted by atomic mass is 10.1. The maximum atomic E-state index is 13.2. The molecule has 25 heavy (non-hydrogen) atoms. The molecule has 132 valence electrons. The second-order valence-corrected chi connectivity index (χ2v) is 6.08. The zero-order valence-corrected chi connectivity index (χ0v) is 14.0.